The molecular weight excluding hydrogens is 424 g/mol. The molecular formula is C28H28N4O2. The molecule has 0 aromatic heterocycles. The third kappa shape index (κ3) is 3.01. The molecule has 3 aromatic carbocycles. The summed E-state index contributed by atoms with van der Waals surface area (Å²) in [5.41, 5.74) is 4.62. The van der Waals surface area contributed by atoms with Crippen LogP contribution in [0.4, 0.5) is 17.1 Å². The molecule has 1 spiro atoms. The van der Waals surface area contributed by atoms with E-state index in [-0.39, 0.29) is 11.9 Å². The first-order valence-corrected chi connectivity index (χ1v) is 11.8. The Labute approximate surface area is 200 Å². The van der Waals surface area contributed by atoms with Gasteiger partial charge in [-0.05, 0) is 61.4 Å². The minimum Gasteiger partial charge on any atom is -0.497 e. The molecule has 0 saturated carbocycles. The van der Waals surface area contributed by atoms with Crippen LogP contribution in [0.25, 0.3) is 0 Å². The van der Waals surface area contributed by atoms with Crippen molar-refractivity contribution >= 4 is 28.7 Å². The van der Waals surface area contributed by atoms with Crippen molar-refractivity contribution in [1.82, 2.24) is 0 Å². The Morgan fingerprint density at radius 1 is 0.912 bits per heavy atom. The summed E-state index contributed by atoms with van der Waals surface area (Å²) in [6, 6.07) is 26.5. The highest BCUT2D eigenvalue weighted by Crippen LogP contribution is 2.48. The van der Waals surface area contributed by atoms with Crippen LogP contribution in [0.15, 0.2) is 84.0 Å². The number of hydrogen-bond donors (Lipinski definition) is 0. The molecule has 0 radical (unpaired) electrons. The summed E-state index contributed by atoms with van der Waals surface area (Å²) in [4.78, 5) is 19.1. The van der Waals surface area contributed by atoms with E-state index in [2.05, 4.69) is 46.2 Å². The van der Waals surface area contributed by atoms with Gasteiger partial charge in [0.25, 0.3) is 5.91 Å². The summed E-state index contributed by atoms with van der Waals surface area (Å²) in [6.45, 7) is 4.52. The van der Waals surface area contributed by atoms with Crippen LogP contribution in [0.3, 0.4) is 0 Å². The quantitative estimate of drug-likeness (QED) is 0.593. The smallest absolute Gasteiger partial charge is 0.261 e. The zero-order valence-corrected chi connectivity index (χ0v) is 19.5. The Balaban J connectivity index is 1.42. The summed E-state index contributed by atoms with van der Waals surface area (Å²) in [6.07, 6.45) is 0.665. The fraction of sp³-hybridized carbons (Fsp3) is 0.286. The highest BCUT2D eigenvalue weighted by molar-refractivity contribution is 6.20. The minimum atomic E-state index is -0.699. The Morgan fingerprint density at radius 2 is 1.65 bits per heavy atom. The second-order valence-electron chi connectivity index (χ2n) is 9.27. The van der Waals surface area contributed by atoms with E-state index in [0.717, 1.165) is 42.5 Å². The van der Waals surface area contributed by atoms with Gasteiger partial charge < -0.3 is 14.5 Å². The second kappa shape index (κ2) is 7.90. The summed E-state index contributed by atoms with van der Waals surface area (Å²) < 4.78 is 5.35. The van der Waals surface area contributed by atoms with Crippen molar-refractivity contribution in [2.24, 2.45) is 10.5 Å². The summed E-state index contributed by atoms with van der Waals surface area (Å²) >= 11 is 0. The number of rotatable bonds is 3. The molecule has 0 unspecified atom stereocenters. The highest BCUT2D eigenvalue weighted by Gasteiger charge is 2.59. The molecule has 0 N–H and O–H groups in total. The van der Waals surface area contributed by atoms with E-state index >= 15 is 0 Å². The first kappa shape index (κ1) is 20.8. The maximum atomic E-state index is 14.2. The average Bonchev–Trinajstić information content (AvgIpc) is 3.14. The maximum absolute atomic E-state index is 14.2. The van der Waals surface area contributed by atoms with E-state index in [9.17, 15) is 4.79 Å². The topological polar surface area (TPSA) is 48.4 Å². The molecule has 6 nitrogen and oxygen atoms in total. The van der Waals surface area contributed by atoms with E-state index in [1.54, 1.807) is 12.1 Å². The summed E-state index contributed by atoms with van der Waals surface area (Å²) in [5, 5.41) is 6.46. The normalized spacial score (nSPS) is 23.6. The number of hydrazone groups is 1. The number of nitrogens with zero attached hydrogens (tertiary/aromatic N) is 4. The molecule has 2 atom stereocenters. The number of carbonyl (C=O) groups excluding carboxylic acids is 1. The number of fused-ring (bicyclic) bond motifs is 4. The number of amides is 1. The number of hydrogen-bond acceptors (Lipinski definition) is 5. The van der Waals surface area contributed by atoms with E-state index in [0.29, 0.717) is 6.42 Å². The molecule has 172 valence electrons. The number of ether oxygens (including phenoxy) is 1. The Kier molecular flexibility index (Phi) is 4.83. The molecule has 1 saturated heterocycles. The Bertz CT molecular complexity index is 1260. The monoisotopic (exact) mass is 452 g/mol. The molecule has 1 amide bonds. The van der Waals surface area contributed by atoms with Crippen molar-refractivity contribution in [3.05, 3.63) is 84.4 Å². The third-order valence-electron chi connectivity index (χ3n) is 7.63. The average molecular weight is 453 g/mol. The van der Waals surface area contributed by atoms with Gasteiger partial charge in [0.15, 0.2) is 0 Å². The van der Waals surface area contributed by atoms with Crippen molar-refractivity contribution in [2.45, 2.75) is 19.4 Å². The number of carbonyl (C=O) groups is 1. The number of benzene rings is 3. The second-order valence-corrected chi connectivity index (χ2v) is 9.27. The van der Waals surface area contributed by atoms with Crippen LogP contribution in [-0.2, 0) is 11.2 Å². The Hall–Kier alpha value is -3.80. The van der Waals surface area contributed by atoms with Crippen LogP contribution in [-0.4, -0.2) is 44.4 Å². The van der Waals surface area contributed by atoms with Gasteiger partial charge in [-0.3, -0.25) is 4.79 Å². The lowest BCUT2D eigenvalue weighted by Crippen LogP contribution is -2.67. The fourth-order valence-electron chi connectivity index (χ4n) is 5.84. The van der Waals surface area contributed by atoms with Gasteiger partial charge in [0.05, 0.1) is 24.6 Å². The SMILES string of the molecule is COc1ccc(N2CCN3c4ccccc4C[C@@]4(C(=O)N(c5ccccc5)N=C4C)[C@@H]3C2)cc1. The van der Waals surface area contributed by atoms with Crippen LogP contribution in [0.1, 0.15) is 12.5 Å². The number of para-hydroxylation sites is 2. The van der Waals surface area contributed by atoms with Gasteiger partial charge in [-0.2, -0.15) is 10.1 Å². The molecule has 3 aliphatic heterocycles. The van der Waals surface area contributed by atoms with Crippen LogP contribution in [0.5, 0.6) is 5.75 Å². The van der Waals surface area contributed by atoms with Gasteiger partial charge >= 0.3 is 0 Å². The van der Waals surface area contributed by atoms with Gasteiger partial charge in [0.1, 0.15) is 11.2 Å². The predicted octanol–water partition coefficient (Wildman–Crippen LogP) is 4.36. The lowest BCUT2D eigenvalue weighted by molar-refractivity contribution is -0.125. The molecule has 3 aliphatic rings. The largest absolute Gasteiger partial charge is 0.497 e. The highest BCUT2D eigenvalue weighted by atomic mass is 16.5. The van der Waals surface area contributed by atoms with Gasteiger partial charge in [-0.1, -0.05) is 36.4 Å². The van der Waals surface area contributed by atoms with E-state index in [1.165, 1.54) is 11.3 Å². The van der Waals surface area contributed by atoms with Crippen molar-refractivity contribution < 1.29 is 9.53 Å². The van der Waals surface area contributed by atoms with Gasteiger partial charge in [0.2, 0.25) is 0 Å². The van der Waals surface area contributed by atoms with Crippen LogP contribution in [0.2, 0.25) is 0 Å². The van der Waals surface area contributed by atoms with E-state index < -0.39 is 5.41 Å². The van der Waals surface area contributed by atoms with Crippen molar-refractivity contribution in [3.8, 4) is 5.75 Å². The Morgan fingerprint density at radius 3 is 2.41 bits per heavy atom. The minimum absolute atomic E-state index is 0.0109. The molecule has 0 bridgehead atoms. The van der Waals surface area contributed by atoms with Gasteiger partial charge in [0, 0.05) is 31.0 Å². The molecule has 1 fully saturated rings. The number of piperazine rings is 1. The lowest BCUT2D eigenvalue weighted by Gasteiger charge is -2.53. The molecule has 0 aliphatic carbocycles. The molecule has 3 aromatic rings. The number of anilines is 3. The fourth-order valence-corrected chi connectivity index (χ4v) is 5.84. The molecule has 34 heavy (non-hydrogen) atoms. The van der Waals surface area contributed by atoms with Gasteiger partial charge in [-0.25, -0.2) is 0 Å². The van der Waals surface area contributed by atoms with Crippen molar-refractivity contribution in [2.75, 3.05) is 41.6 Å². The summed E-state index contributed by atoms with van der Waals surface area (Å²) in [5.74, 6) is 0.912. The zero-order chi connectivity index (χ0) is 23.3. The van der Waals surface area contributed by atoms with Crippen LogP contribution < -0.4 is 19.5 Å². The van der Waals surface area contributed by atoms with Crippen LogP contribution >= 0.6 is 0 Å². The molecule has 6 heteroatoms. The van der Waals surface area contributed by atoms with Crippen molar-refractivity contribution in [3.63, 3.8) is 0 Å². The standard InChI is InChI=1S/C28H28N4O2/c1-20-28(27(33)32(29-20)23-9-4-3-5-10-23)18-21-8-6-7-11-25(21)31-17-16-30(19-26(28)31)22-12-14-24(34-2)15-13-22/h3-15,26H,16-19H2,1-2H3/t26-,28-/m0/s1. The molecule has 6 rings (SSSR count). The van der Waals surface area contributed by atoms with Gasteiger partial charge in [-0.15, -0.1) is 0 Å². The maximum Gasteiger partial charge on any atom is 0.261 e. The van der Waals surface area contributed by atoms with E-state index in [4.69, 9.17) is 9.84 Å². The summed E-state index contributed by atoms with van der Waals surface area (Å²) in [7, 11) is 1.68. The lowest BCUT2D eigenvalue weighted by atomic mass is 9.67. The zero-order valence-electron chi connectivity index (χ0n) is 19.5. The number of methoxy groups -OCH3 is 1. The van der Waals surface area contributed by atoms with E-state index in [1.807, 2.05) is 49.4 Å². The first-order chi connectivity index (χ1) is 16.6. The molecule has 3 heterocycles. The van der Waals surface area contributed by atoms with Crippen molar-refractivity contribution in [1.29, 1.82) is 0 Å². The third-order valence-corrected chi connectivity index (χ3v) is 7.63. The first-order valence-electron chi connectivity index (χ1n) is 11.8. The predicted molar refractivity (Wildman–Crippen MR) is 136 cm³/mol. The van der Waals surface area contributed by atoms with Crippen LogP contribution in [0, 0.1) is 5.41 Å².